The number of fused-ring (bicyclic) bond motifs is 1. The average molecular weight is 312 g/mol. The third-order valence-electron chi connectivity index (χ3n) is 4.33. The lowest BCUT2D eigenvalue weighted by Gasteiger charge is -2.35. The normalized spacial score (nSPS) is 16.5. The highest BCUT2D eigenvalue weighted by molar-refractivity contribution is 7.14. The van der Waals surface area contributed by atoms with Crippen molar-refractivity contribution < 1.29 is 0 Å². The Hall–Kier alpha value is -1.85. The van der Waals surface area contributed by atoms with Gasteiger partial charge in [-0.15, -0.1) is 11.3 Å². The van der Waals surface area contributed by atoms with E-state index < -0.39 is 0 Å². The SMILES string of the molecule is Cc1csc(N2CCN(Cc3c[nH]c4ncccc34)CC2)c1. The van der Waals surface area contributed by atoms with Gasteiger partial charge < -0.3 is 9.88 Å². The first-order valence-corrected chi connectivity index (χ1v) is 8.61. The zero-order valence-electron chi connectivity index (χ0n) is 12.7. The fourth-order valence-corrected chi connectivity index (χ4v) is 4.05. The van der Waals surface area contributed by atoms with Gasteiger partial charge in [-0.05, 0) is 41.6 Å². The molecule has 0 unspecified atom stereocenters. The van der Waals surface area contributed by atoms with Crippen molar-refractivity contribution in [3.63, 3.8) is 0 Å². The van der Waals surface area contributed by atoms with Crippen LogP contribution in [0.25, 0.3) is 11.0 Å². The number of aryl methyl sites for hydroxylation is 1. The quantitative estimate of drug-likeness (QED) is 0.806. The van der Waals surface area contributed by atoms with E-state index in [0.29, 0.717) is 0 Å². The van der Waals surface area contributed by atoms with Gasteiger partial charge >= 0.3 is 0 Å². The minimum atomic E-state index is 0.991. The van der Waals surface area contributed by atoms with Crippen LogP contribution >= 0.6 is 11.3 Å². The van der Waals surface area contributed by atoms with Crippen molar-refractivity contribution in [2.24, 2.45) is 0 Å². The Morgan fingerprint density at radius 1 is 1.27 bits per heavy atom. The van der Waals surface area contributed by atoms with E-state index in [0.717, 1.165) is 38.4 Å². The number of nitrogens with zero attached hydrogens (tertiary/aromatic N) is 3. The van der Waals surface area contributed by atoms with Crippen molar-refractivity contribution in [3.05, 3.63) is 47.1 Å². The number of H-pyrrole nitrogens is 1. The first-order chi connectivity index (χ1) is 10.8. The Morgan fingerprint density at radius 2 is 2.14 bits per heavy atom. The fourth-order valence-electron chi connectivity index (χ4n) is 3.09. The second-order valence-electron chi connectivity index (χ2n) is 5.94. The van der Waals surface area contributed by atoms with Gasteiger partial charge in [0.25, 0.3) is 0 Å². The molecule has 114 valence electrons. The molecule has 0 saturated carbocycles. The van der Waals surface area contributed by atoms with Gasteiger partial charge in [-0.2, -0.15) is 0 Å². The van der Waals surface area contributed by atoms with Crippen LogP contribution in [0, 0.1) is 6.92 Å². The van der Waals surface area contributed by atoms with Crippen LogP contribution in [-0.4, -0.2) is 41.0 Å². The molecule has 0 amide bonds. The van der Waals surface area contributed by atoms with Gasteiger partial charge in [0.2, 0.25) is 0 Å². The fraction of sp³-hybridized carbons (Fsp3) is 0.353. The maximum absolute atomic E-state index is 4.37. The van der Waals surface area contributed by atoms with Crippen LogP contribution in [0.4, 0.5) is 5.00 Å². The largest absolute Gasteiger partial charge is 0.361 e. The van der Waals surface area contributed by atoms with Gasteiger partial charge in [-0.25, -0.2) is 4.98 Å². The van der Waals surface area contributed by atoms with Crippen molar-refractivity contribution in [1.82, 2.24) is 14.9 Å². The molecule has 1 aliphatic heterocycles. The Kier molecular flexibility index (Phi) is 3.60. The van der Waals surface area contributed by atoms with Crippen molar-refractivity contribution in [2.75, 3.05) is 31.1 Å². The van der Waals surface area contributed by atoms with Gasteiger partial charge in [0, 0.05) is 50.5 Å². The molecule has 0 atom stereocenters. The van der Waals surface area contributed by atoms with E-state index in [9.17, 15) is 0 Å². The second kappa shape index (κ2) is 5.74. The number of hydrogen-bond donors (Lipinski definition) is 1. The van der Waals surface area contributed by atoms with Crippen LogP contribution in [0.1, 0.15) is 11.1 Å². The summed E-state index contributed by atoms with van der Waals surface area (Å²) < 4.78 is 0. The number of nitrogens with one attached hydrogen (secondary N) is 1. The predicted molar refractivity (Wildman–Crippen MR) is 92.6 cm³/mol. The monoisotopic (exact) mass is 312 g/mol. The molecular formula is C17H20N4S. The standard InChI is InChI=1S/C17H20N4S/c1-13-9-16(22-12-13)21-7-5-20(6-8-21)11-14-10-19-17-15(14)3-2-4-18-17/h2-4,9-10,12H,5-8,11H2,1H3,(H,18,19). The number of rotatable bonds is 3. The molecule has 5 heteroatoms. The molecule has 22 heavy (non-hydrogen) atoms. The van der Waals surface area contributed by atoms with Crippen molar-refractivity contribution in [2.45, 2.75) is 13.5 Å². The lowest BCUT2D eigenvalue weighted by atomic mass is 10.2. The molecule has 0 spiro atoms. The minimum absolute atomic E-state index is 0.991. The summed E-state index contributed by atoms with van der Waals surface area (Å²) in [5.74, 6) is 0. The maximum Gasteiger partial charge on any atom is 0.137 e. The van der Waals surface area contributed by atoms with Crippen molar-refractivity contribution >= 4 is 27.4 Å². The Bertz CT molecular complexity index is 768. The zero-order chi connectivity index (χ0) is 14.9. The smallest absolute Gasteiger partial charge is 0.137 e. The first-order valence-electron chi connectivity index (χ1n) is 7.73. The summed E-state index contributed by atoms with van der Waals surface area (Å²) in [7, 11) is 0. The third kappa shape index (κ3) is 2.62. The lowest BCUT2D eigenvalue weighted by Crippen LogP contribution is -2.45. The molecule has 0 aliphatic carbocycles. The van der Waals surface area contributed by atoms with Crippen LogP contribution in [0.3, 0.4) is 0 Å². The van der Waals surface area contributed by atoms with Crippen LogP contribution in [-0.2, 0) is 6.54 Å². The molecule has 3 aromatic heterocycles. The van der Waals surface area contributed by atoms with Gasteiger partial charge in [-0.1, -0.05) is 0 Å². The molecule has 0 radical (unpaired) electrons. The van der Waals surface area contributed by atoms with Crippen molar-refractivity contribution in [3.8, 4) is 0 Å². The Labute approximate surface area is 134 Å². The van der Waals surface area contributed by atoms with Crippen LogP contribution in [0.15, 0.2) is 36.0 Å². The molecule has 0 aromatic carbocycles. The third-order valence-corrected chi connectivity index (χ3v) is 5.44. The molecule has 4 heterocycles. The highest BCUT2D eigenvalue weighted by Gasteiger charge is 2.19. The summed E-state index contributed by atoms with van der Waals surface area (Å²) in [4.78, 5) is 12.7. The molecule has 3 aromatic rings. The molecule has 1 saturated heterocycles. The predicted octanol–water partition coefficient (Wildman–Crippen LogP) is 3.26. The number of piperazine rings is 1. The number of pyridine rings is 1. The molecule has 1 aliphatic rings. The highest BCUT2D eigenvalue weighted by atomic mass is 32.1. The molecule has 0 bridgehead atoms. The van der Waals surface area contributed by atoms with Crippen molar-refractivity contribution in [1.29, 1.82) is 0 Å². The number of aromatic amines is 1. The minimum Gasteiger partial charge on any atom is -0.361 e. The Balaban J connectivity index is 1.42. The van der Waals surface area contributed by atoms with Crippen LogP contribution in [0.5, 0.6) is 0 Å². The van der Waals surface area contributed by atoms with Gasteiger partial charge in [0.1, 0.15) is 5.65 Å². The summed E-state index contributed by atoms with van der Waals surface area (Å²) in [6, 6.07) is 6.46. The average Bonchev–Trinajstić information content (AvgIpc) is 3.15. The van der Waals surface area contributed by atoms with Crippen LogP contribution < -0.4 is 4.90 Å². The zero-order valence-corrected chi connectivity index (χ0v) is 13.6. The van der Waals surface area contributed by atoms with Gasteiger partial charge in [0.05, 0.1) is 5.00 Å². The number of anilines is 1. The van der Waals surface area contributed by atoms with E-state index >= 15 is 0 Å². The summed E-state index contributed by atoms with van der Waals surface area (Å²) >= 11 is 1.86. The molecule has 4 nitrogen and oxygen atoms in total. The molecule has 4 rings (SSSR count). The number of aromatic nitrogens is 2. The van der Waals surface area contributed by atoms with E-state index in [1.54, 1.807) is 0 Å². The lowest BCUT2D eigenvalue weighted by molar-refractivity contribution is 0.251. The molecular weight excluding hydrogens is 292 g/mol. The van der Waals surface area contributed by atoms with E-state index in [2.05, 4.69) is 50.4 Å². The summed E-state index contributed by atoms with van der Waals surface area (Å²) in [5, 5.41) is 4.90. The second-order valence-corrected chi connectivity index (χ2v) is 6.83. The number of thiophene rings is 1. The van der Waals surface area contributed by atoms with E-state index in [-0.39, 0.29) is 0 Å². The van der Waals surface area contributed by atoms with E-state index in [1.807, 2.05) is 23.6 Å². The molecule has 1 N–H and O–H groups in total. The summed E-state index contributed by atoms with van der Waals surface area (Å²) in [6.45, 7) is 7.62. The summed E-state index contributed by atoms with van der Waals surface area (Å²) in [5.41, 5.74) is 3.71. The summed E-state index contributed by atoms with van der Waals surface area (Å²) in [6.07, 6.45) is 3.94. The maximum atomic E-state index is 4.37. The highest BCUT2D eigenvalue weighted by Crippen LogP contribution is 2.26. The first kappa shape index (κ1) is 13.8. The van der Waals surface area contributed by atoms with Gasteiger partial charge in [0.15, 0.2) is 0 Å². The topological polar surface area (TPSA) is 35.2 Å². The Morgan fingerprint density at radius 3 is 2.91 bits per heavy atom. The molecule has 1 fully saturated rings. The van der Waals surface area contributed by atoms with E-state index in [4.69, 9.17) is 0 Å². The van der Waals surface area contributed by atoms with Gasteiger partial charge in [-0.3, -0.25) is 4.90 Å². The van der Waals surface area contributed by atoms with Crippen LogP contribution in [0.2, 0.25) is 0 Å². The number of hydrogen-bond acceptors (Lipinski definition) is 4. The van der Waals surface area contributed by atoms with E-state index in [1.165, 1.54) is 21.5 Å².